The van der Waals surface area contributed by atoms with Crippen molar-refractivity contribution in [1.29, 1.82) is 0 Å². The van der Waals surface area contributed by atoms with Crippen molar-refractivity contribution in [3.63, 3.8) is 0 Å². The molecule has 3 N–H and O–H groups in total. The molecule has 0 saturated heterocycles. The summed E-state index contributed by atoms with van der Waals surface area (Å²) in [5.74, 6) is 0. The van der Waals surface area contributed by atoms with Crippen LogP contribution in [0.5, 0.6) is 0 Å². The summed E-state index contributed by atoms with van der Waals surface area (Å²) in [6, 6.07) is 0. The Labute approximate surface area is 104 Å². The van der Waals surface area contributed by atoms with E-state index in [1.165, 1.54) is 0 Å². The van der Waals surface area contributed by atoms with Crippen molar-refractivity contribution < 1.29 is 74.9 Å². The fourth-order valence-electron chi connectivity index (χ4n) is 0. The van der Waals surface area contributed by atoms with Crippen LogP contribution in [0.4, 0.5) is 0 Å². The fourth-order valence-corrected chi connectivity index (χ4v) is 0. The second kappa shape index (κ2) is 6.63. The molecule has 0 amide bonds. The minimum absolute atomic E-state index is 0. The van der Waals surface area contributed by atoms with Crippen LogP contribution >= 0.6 is 7.82 Å². The normalized spacial score (nSPS) is 8.43. The number of hydrogen-bond acceptors (Lipinski definition) is 1. The van der Waals surface area contributed by atoms with Gasteiger partial charge in [-0.15, -0.1) is 0 Å². The Balaban J connectivity index is -0.00000000800. The molecule has 0 heterocycles. The van der Waals surface area contributed by atoms with E-state index in [4.69, 9.17) is 19.2 Å². The standard InChI is InChI=1S/K.Mg.H3O4P.3H/c;;1-5(2,3)4;;;/h;;(H3,1,2,3,4);;;/q+1;+2;;3*-1. The molecule has 0 aromatic rings. The number of phosphoric acid groups is 1. The van der Waals surface area contributed by atoms with Gasteiger partial charge in [0.2, 0.25) is 0 Å². The van der Waals surface area contributed by atoms with Gasteiger partial charge in [0.1, 0.15) is 0 Å². The maximum Gasteiger partial charge on any atom is 2.00 e. The van der Waals surface area contributed by atoms with Crippen molar-refractivity contribution in [3.05, 3.63) is 0 Å². The van der Waals surface area contributed by atoms with Crippen LogP contribution in [-0.2, 0) is 4.57 Å². The number of rotatable bonds is 0. The molecule has 0 aliphatic heterocycles. The van der Waals surface area contributed by atoms with Crippen LogP contribution in [0.25, 0.3) is 0 Å². The molecule has 38 valence electrons. The minimum Gasteiger partial charge on any atom is -1.00 e. The van der Waals surface area contributed by atoms with E-state index in [0.29, 0.717) is 0 Å². The Bertz CT molecular complexity index is 66.6. The first-order chi connectivity index (χ1) is 2.00. The van der Waals surface area contributed by atoms with Crippen molar-refractivity contribution >= 4 is 30.9 Å². The van der Waals surface area contributed by atoms with Gasteiger partial charge in [-0.3, -0.25) is 0 Å². The van der Waals surface area contributed by atoms with E-state index in [1.807, 2.05) is 0 Å². The second-order valence-corrected chi connectivity index (χ2v) is 1.54. The third-order valence-electron chi connectivity index (χ3n) is 0. The Kier molecular flexibility index (Phi) is 15.4. The summed E-state index contributed by atoms with van der Waals surface area (Å²) in [6.07, 6.45) is 0. The molecule has 0 rings (SSSR count). The Morgan fingerprint density at radius 2 is 1.29 bits per heavy atom. The van der Waals surface area contributed by atoms with Gasteiger partial charge in [-0.2, -0.15) is 0 Å². The third-order valence-corrected chi connectivity index (χ3v) is 0. The Morgan fingerprint density at radius 3 is 1.29 bits per heavy atom. The van der Waals surface area contributed by atoms with E-state index in [1.54, 1.807) is 0 Å². The van der Waals surface area contributed by atoms with Crippen LogP contribution in [0, 0.1) is 0 Å². The minimum atomic E-state index is -4.64. The average Bonchev–Trinajstić information content (AvgIpc) is 0.722. The van der Waals surface area contributed by atoms with Gasteiger partial charge in [-0.1, -0.05) is 0 Å². The molecule has 0 bridgehead atoms. The SMILES string of the molecule is O=P(O)(O)O.[H-].[H-].[H-].[K+].[Mg+2]. The summed E-state index contributed by atoms with van der Waals surface area (Å²) < 4.78 is 8.88. The topological polar surface area (TPSA) is 77.8 Å². The molecule has 0 aromatic heterocycles. The molecule has 7 heteroatoms. The molecule has 0 atom stereocenters. The zero-order valence-electron chi connectivity index (χ0n) is 6.90. The van der Waals surface area contributed by atoms with Gasteiger partial charge in [0.05, 0.1) is 0 Å². The van der Waals surface area contributed by atoms with Gasteiger partial charge < -0.3 is 19.0 Å². The van der Waals surface area contributed by atoms with Gasteiger partial charge in [-0.25, -0.2) is 4.57 Å². The van der Waals surface area contributed by atoms with Gasteiger partial charge in [0.25, 0.3) is 0 Å². The molecular weight excluding hydrogens is 158 g/mol. The molecule has 4 nitrogen and oxygen atoms in total. The van der Waals surface area contributed by atoms with Crippen molar-refractivity contribution in [2.75, 3.05) is 0 Å². The van der Waals surface area contributed by atoms with Crippen LogP contribution in [0.2, 0.25) is 0 Å². The maximum absolute atomic E-state index is 8.88. The first-order valence-electron chi connectivity index (χ1n) is 0.783. The van der Waals surface area contributed by atoms with Crippen molar-refractivity contribution in [3.8, 4) is 0 Å². The zero-order valence-corrected chi connectivity index (χ0v) is 9.34. The summed E-state index contributed by atoms with van der Waals surface area (Å²) in [5, 5.41) is 0. The van der Waals surface area contributed by atoms with E-state index < -0.39 is 7.82 Å². The average molecular weight is 164 g/mol. The first-order valence-corrected chi connectivity index (χ1v) is 2.35. The Morgan fingerprint density at radius 1 is 1.29 bits per heavy atom. The quantitative estimate of drug-likeness (QED) is 0.252. The molecule has 7 heavy (non-hydrogen) atoms. The van der Waals surface area contributed by atoms with E-state index in [9.17, 15) is 0 Å². The van der Waals surface area contributed by atoms with Crippen LogP contribution in [0.15, 0.2) is 0 Å². The Hall–Kier alpha value is 2.51. The van der Waals surface area contributed by atoms with E-state index >= 15 is 0 Å². The summed E-state index contributed by atoms with van der Waals surface area (Å²) in [5.41, 5.74) is 0. The molecule has 0 radical (unpaired) electrons. The van der Waals surface area contributed by atoms with Crippen LogP contribution < -0.4 is 51.4 Å². The van der Waals surface area contributed by atoms with E-state index in [0.717, 1.165) is 0 Å². The predicted molar refractivity (Wildman–Crippen MR) is 23.4 cm³/mol. The van der Waals surface area contributed by atoms with E-state index in [-0.39, 0.29) is 78.7 Å². The van der Waals surface area contributed by atoms with Crippen molar-refractivity contribution in [2.24, 2.45) is 0 Å². The molecule has 0 aliphatic rings. The van der Waals surface area contributed by atoms with Gasteiger partial charge in [0, 0.05) is 0 Å². The monoisotopic (exact) mass is 164 g/mol. The molecule has 0 fully saturated rings. The molecule has 0 aliphatic carbocycles. The van der Waals surface area contributed by atoms with Crippen LogP contribution in [-0.4, -0.2) is 37.7 Å². The molecule has 0 spiro atoms. The van der Waals surface area contributed by atoms with Crippen LogP contribution in [0.1, 0.15) is 4.28 Å². The maximum atomic E-state index is 8.88. The van der Waals surface area contributed by atoms with Gasteiger partial charge in [0.15, 0.2) is 0 Å². The molecule has 0 unspecified atom stereocenters. The second-order valence-electron chi connectivity index (χ2n) is 0.513. The summed E-state index contributed by atoms with van der Waals surface area (Å²) in [4.78, 5) is 21.6. The first kappa shape index (κ1) is 16.3. The van der Waals surface area contributed by atoms with Crippen molar-refractivity contribution in [2.45, 2.75) is 0 Å². The molecule has 0 saturated carbocycles. The zero-order chi connectivity index (χ0) is 4.50. The third kappa shape index (κ3) is 57.2. The fraction of sp³-hybridized carbons (Fsp3) is 0. The summed E-state index contributed by atoms with van der Waals surface area (Å²) >= 11 is 0. The van der Waals surface area contributed by atoms with Gasteiger partial charge in [-0.05, 0) is 0 Å². The largest absolute Gasteiger partial charge is 2.00 e. The predicted octanol–water partition coefficient (Wildman–Crippen LogP) is -3.97. The summed E-state index contributed by atoms with van der Waals surface area (Å²) in [7, 11) is -4.64. The summed E-state index contributed by atoms with van der Waals surface area (Å²) in [6.45, 7) is 0. The molecular formula is H6KMgO4P. The van der Waals surface area contributed by atoms with E-state index in [2.05, 4.69) is 0 Å². The smallest absolute Gasteiger partial charge is 1.00 e. The van der Waals surface area contributed by atoms with Crippen molar-refractivity contribution in [1.82, 2.24) is 0 Å². The number of hydrogen-bond donors (Lipinski definition) is 3. The van der Waals surface area contributed by atoms with Crippen LogP contribution in [0.3, 0.4) is 0 Å². The van der Waals surface area contributed by atoms with Gasteiger partial charge >= 0.3 is 82.3 Å². The molecule has 0 aromatic carbocycles.